The lowest BCUT2D eigenvalue weighted by molar-refractivity contribution is 0.0456. The molecule has 0 saturated carbocycles. The number of carbonyl (C=O) groups excluding carboxylic acids is 1. The second-order valence-electron chi connectivity index (χ2n) is 6.86. The van der Waals surface area contributed by atoms with Gasteiger partial charge < -0.3 is 9.30 Å². The number of esters is 1. The van der Waals surface area contributed by atoms with Crippen molar-refractivity contribution in [2.45, 2.75) is 32.3 Å². The smallest absolute Gasteiger partial charge is 0.355 e. The maximum absolute atomic E-state index is 12.7. The van der Waals surface area contributed by atoms with Crippen LogP contribution in [0.15, 0.2) is 46.3 Å². The van der Waals surface area contributed by atoms with Gasteiger partial charge in [0, 0.05) is 38.6 Å². The first kappa shape index (κ1) is 21.7. The number of fused-ring (bicyclic) bond motifs is 1. The standard InChI is InChI=1S/C20H24N4O5S/c1-5-23(6-2)30(27,28)16-10-17(22(4)12-16)20(26)29-13-15-9-19(25)24-11-14(3)7-8-18(24)21-15/h7-12H,5-6,13H2,1-4H3. The predicted octanol–water partition coefficient (Wildman–Crippen LogP) is 1.73. The second-order valence-corrected chi connectivity index (χ2v) is 8.80. The van der Waals surface area contributed by atoms with Crippen LogP contribution in [0, 0.1) is 6.92 Å². The highest BCUT2D eigenvalue weighted by molar-refractivity contribution is 7.89. The molecule has 0 amide bonds. The van der Waals surface area contributed by atoms with Gasteiger partial charge in [-0.15, -0.1) is 0 Å². The zero-order valence-electron chi connectivity index (χ0n) is 17.3. The molecule has 0 aliphatic heterocycles. The average Bonchev–Trinajstić information content (AvgIpc) is 3.10. The fourth-order valence-corrected chi connectivity index (χ4v) is 4.67. The van der Waals surface area contributed by atoms with E-state index in [4.69, 9.17) is 4.74 Å². The van der Waals surface area contributed by atoms with Crippen molar-refractivity contribution in [2.24, 2.45) is 7.05 Å². The molecule has 0 unspecified atom stereocenters. The number of aryl methyl sites for hydroxylation is 2. The summed E-state index contributed by atoms with van der Waals surface area (Å²) < 4.78 is 34.7. The summed E-state index contributed by atoms with van der Waals surface area (Å²) in [5.74, 6) is -0.704. The average molecular weight is 433 g/mol. The number of nitrogens with zero attached hydrogens (tertiary/aromatic N) is 4. The van der Waals surface area contributed by atoms with Crippen molar-refractivity contribution in [3.63, 3.8) is 0 Å². The van der Waals surface area contributed by atoms with Crippen LogP contribution in [0.2, 0.25) is 0 Å². The number of pyridine rings is 1. The normalized spacial score (nSPS) is 11.9. The zero-order chi connectivity index (χ0) is 22.1. The Morgan fingerprint density at radius 1 is 1.17 bits per heavy atom. The first-order chi connectivity index (χ1) is 14.2. The van der Waals surface area contributed by atoms with Crippen molar-refractivity contribution in [3.8, 4) is 0 Å². The summed E-state index contributed by atoms with van der Waals surface area (Å²) in [6, 6.07) is 6.14. The van der Waals surface area contributed by atoms with Crippen LogP contribution in [0.5, 0.6) is 0 Å². The number of sulfonamides is 1. The topological polar surface area (TPSA) is 103 Å². The molecule has 0 aliphatic carbocycles. The molecule has 0 radical (unpaired) electrons. The van der Waals surface area contributed by atoms with Crippen LogP contribution in [-0.4, -0.2) is 45.7 Å². The van der Waals surface area contributed by atoms with E-state index in [1.54, 1.807) is 33.2 Å². The van der Waals surface area contributed by atoms with Gasteiger partial charge in [-0.25, -0.2) is 18.2 Å². The molecule has 3 aromatic rings. The quantitative estimate of drug-likeness (QED) is 0.527. The molecule has 0 spiro atoms. The second kappa shape index (κ2) is 8.41. The lowest BCUT2D eigenvalue weighted by atomic mass is 10.3. The Morgan fingerprint density at radius 2 is 1.87 bits per heavy atom. The molecule has 0 aliphatic rings. The Morgan fingerprint density at radius 3 is 2.53 bits per heavy atom. The van der Waals surface area contributed by atoms with Crippen LogP contribution < -0.4 is 5.56 Å². The first-order valence-corrected chi connectivity index (χ1v) is 10.9. The summed E-state index contributed by atoms with van der Waals surface area (Å²) in [6.07, 6.45) is 3.07. The molecule has 0 saturated heterocycles. The van der Waals surface area contributed by atoms with Crippen LogP contribution in [0.1, 0.15) is 35.6 Å². The molecule has 30 heavy (non-hydrogen) atoms. The van der Waals surface area contributed by atoms with Gasteiger partial charge in [-0.05, 0) is 24.6 Å². The molecule has 0 fully saturated rings. The SMILES string of the molecule is CCN(CC)S(=O)(=O)c1cc(C(=O)OCc2cc(=O)n3cc(C)ccc3n2)n(C)c1. The van der Waals surface area contributed by atoms with E-state index in [9.17, 15) is 18.0 Å². The number of rotatable bonds is 7. The monoisotopic (exact) mass is 432 g/mol. The van der Waals surface area contributed by atoms with E-state index >= 15 is 0 Å². The Hall–Kier alpha value is -2.98. The molecular weight excluding hydrogens is 408 g/mol. The highest BCUT2D eigenvalue weighted by atomic mass is 32.2. The maximum Gasteiger partial charge on any atom is 0.355 e. The van der Waals surface area contributed by atoms with Gasteiger partial charge in [-0.2, -0.15) is 4.31 Å². The molecule has 0 aromatic carbocycles. The van der Waals surface area contributed by atoms with Gasteiger partial charge in [-0.1, -0.05) is 19.9 Å². The fraction of sp³-hybridized carbons (Fsp3) is 0.350. The summed E-state index contributed by atoms with van der Waals surface area (Å²) in [5.41, 5.74) is 1.49. The van der Waals surface area contributed by atoms with E-state index in [1.807, 2.05) is 13.0 Å². The lowest BCUT2D eigenvalue weighted by Crippen LogP contribution is -2.30. The summed E-state index contributed by atoms with van der Waals surface area (Å²) in [4.78, 5) is 29.1. The molecule has 3 rings (SSSR count). The zero-order valence-corrected chi connectivity index (χ0v) is 18.1. The summed E-state index contributed by atoms with van der Waals surface area (Å²) in [7, 11) is -2.12. The van der Waals surface area contributed by atoms with Crippen molar-refractivity contribution in [1.29, 1.82) is 0 Å². The summed E-state index contributed by atoms with van der Waals surface area (Å²) in [5, 5.41) is 0. The minimum Gasteiger partial charge on any atom is -0.455 e. The van der Waals surface area contributed by atoms with Crippen molar-refractivity contribution in [3.05, 3.63) is 64.0 Å². The van der Waals surface area contributed by atoms with E-state index in [0.29, 0.717) is 24.4 Å². The van der Waals surface area contributed by atoms with Gasteiger partial charge in [0.25, 0.3) is 5.56 Å². The molecule has 3 aromatic heterocycles. The third-order valence-corrected chi connectivity index (χ3v) is 6.76. The van der Waals surface area contributed by atoms with E-state index in [-0.39, 0.29) is 22.8 Å². The van der Waals surface area contributed by atoms with Crippen molar-refractivity contribution in [2.75, 3.05) is 13.1 Å². The third kappa shape index (κ3) is 4.14. The Labute approximate surface area is 174 Å². The van der Waals surface area contributed by atoms with E-state index in [0.717, 1.165) is 5.56 Å². The predicted molar refractivity (Wildman–Crippen MR) is 111 cm³/mol. The van der Waals surface area contributed by atoms with Crippen LogP contribution in [0.4, 0.5) is 0 Å². The number of aromatic nitrogens is 3. The molecule has 3 heterocycles. The van der Waals surface area contributed by atoms with Crippen molar-refractivity contribution < 1.29 is 17.9 Å². The van der Waals surface area contributed by atoms with Gasteiger partial charge in [0.15, 0.2) is 0 Å². The molecule has 10 heteroatoms. The molecule has 0 N–H and O–H groups in total. The lowest BCUT2D eigenvalue weighted by Gasteiger charge is -2.17. The van der Waals surface area contributed by atoms with E-state index in [2.05, 4.69) is 4.98 Å². The Bertz CT molecular complexity index is 1260. The van der Waals surface area contributed by atoms with Crippen molar-refractivity contribution in [1.82, 2.24) is 18.3 Å². The number of hydrogen-bond donors (Lipinski definition) is 0. The number of carbonyl (C=O) groups is 1. The van der Waals surface area contributed by atoms with E-state index in [1.165, 1.54) is 31.6 Å². The van der Waals surface area contributed by atoms with Crippen LogP contribution in [0.3, 0.4) is 0 Å². The van der Waals surface area contributed by atoms with E-state index < -0.39 is 16.0 Å². The first-order valence-electron chi connectivity index (χ1n) is 9.50. The van der Waals surface area contributed by atoms with Gasteiger partial charge in [-0.3, -0.25) is 9.20 Å². The van der Waals surface area contributed by atoms with Gasteiger partial charge in [0.1, 0.15) is 22.8 Å². The highest BCUT2D eigenvalue weighted by Gasteiger charge is 2.26. The Kier molecular flexibility index (Phi) is 6.09. The summed E-state index contributed by atoms with van der Waals surface area (Å²) in [6.45, 7) is 5.82. The summed E-state index contributed by atoms with van der Waals surface area (Å²) >= 11 is 0. The Balaban J connectivity index is 1.81. The van der Waals surface area contributed by atoms with Gasteiger partial charge in [0.2, 0.25) is 10.0 Å². The molecule has 160 valence electrons. The number of ether oxygens (including phenoxy) is 1. The molecule has 9 nitrogen and oxygen atoms in total. The minimum absolute atomic E-state index is 0.0260. The van der Waals surface area contributed by atoms with Crippen molar-refractivity contribution >= 4 is 21.6 Å². The van der Waals surface area contributed by atoms with Gasteiger partial charge >= 0.3 is 5.97 Å². The molecule has 0 atom stereocenters. The molecule has 0 bridgehead atoms. The minimum atomic E-state index is -3.69. The van der Waals surface area contributed by atoms with Crippen LogP contribution >= 0.6 is 0 Å². The van der Waals surface area contributed by atoms with Crippen LogP contribution in [0.25, 0.3) is 5.65 Å². The third-order valence-electron chi connectivity index (χ3n) is 4.74. The molecular formula is C20H24N4O5S. The largest absolute Gasteiger partial charge is 0.455 e. The number of hydrogen-bond acceptors (Lipinski definition) is 6. The highest BCUT2D eigenvalue weighted by Crippen LogP contribution is 2.19. The van der Waals surface area contributed by atoms with Crippen LogP contribution in [-0.2, 0) is 28.4 Å². The fourth-order valence-electron chi connectivity index (χ4n) is 3.14. The van der Waals surface area contributed by atoms with Gasteiger partial charge in [0.05, 0.1) is 5.69 Å². The maximum atomic E-state index is 12.7.